The van der Waals surface area contributed by atoms with Crippen molar-refractivity contribution in [2.45, 2.75) is 83.4 Å². The first kappa shape index (κ1) is 16.3. The van der Waals surface area contributed by atoms with Gasteiger partial charge in [-0.15, -0.1) is 0 Å². The zero-order valence-corrected chi connectivity index (χ0v) is 13.5. The van der Waals surface area contributed by atoms with Gasteiger partial charge in [-0.25, -0.2) is 0 Å². The number of nitrogens with zero attached hydrogens (tertiary/aromatic N) is 1. The van der Waals surface area contributed by atoms with Crippen LogP contribution in [0.5, 0.6) is 0 Å². The van der Waals surface area contributed by atoms with E-state index >= 15 is 0 Å². The van der Waals surface area contributed by atoms with Crippen molar-refractivity contribution in [2.24, 2.45) is 5.92 Å². The molecule has 0 radical (unpaired) electrons. The average molecular weight is 282 g/mol. The standard InChI is InChI=1S/C17H34N2O/c1-3-11-18-14(2)15-9-12-19(13-10-15)16-7-5-4-6-8-17(16)20/h14-18,20H,3-13H2,1-2H3. The number of hydrogen-bond donors (Lipinski definition) is 2. The number of nitrogens with one attached hydrogen (secondary N) is 1. The molecule has 2 fully saturated rings. The molecular weight excluding hydrogens is 248 g/mol. The summed E-state index contributed by atoms with van der Waals surface area (Å²) >= 11 is 0. The fourth-order valence-electron chi connectivity index (χ4n) is 3.98. The van der Waals surface area contributed by atoms with E-state index < -0.39 is 0 Å². The third-order valence-electron chi connectivity index (χ3n) is 5.41. The largest absolute Gasteiger partial charge is 0.391 e. The highest BCUT2D eigenvalue weighted by Gasteiger charge is 2.31. The maximum Gasteiger partial charge on any atom is 0.0695 e. The lowest BCUT2D eigenvalue weighted by molar-refractivity contribution is 0.0220. The van der Waals surface area contributed by atoms with E-state index in [0.29, 0.717) is 12.1 Å². The second-order valence-electron chi connectivity index (χ2n) is 6.89. The Morgan fingerprint density at radius 3 is 2.50 bits per heavy atom. The quantitative estimate of drug-likeness (QED) is 0.761. The summed E-state index contributed by atoms with van der Waals surface area (Å²) in [5.41, 5.74) is 0. The lowest BCUT2D eigenvalue weighted by atomic mass is 9.88. The average Bonchev–Trinajstić information content (AvgIpc) is 2.69. The molecule has 1 heterocycles. The van der Waals surface area contributed by atoms with E-state index in [2.05, 4.69) is 24.1 Å². The first-order valence-corrected chi connectivity index (χ1v) is 8.88. The third-order valence-corrected chi connectivity index (χ3v) is 5.41. The summed E-state index contributed by atoms with van der Waals surface area (Å²) < 4.78 is 0. The van der Waals surface area contributed by atoms with E-state index in [4.69, 9.17) is 0 Å². The Bertz CT molecular complexity index is 264. The van der Waals surface area contributed by atoms with Crippen molar-refractivity contribution < 1.29 is 5.11 Å². The van der Waals surface area contributed by atoms with Crippen molar-refractivity contribution in [3.8, 4) is 0 Å². The molecule has 3 unspecified atom stereocenters. The molecule has 0 aromatic carbocycles. The molecule has 0 aromatic rings. The zero-order valence-electron chi connectivity index (χ0n) is 13.5. The summed E-state index contributed by atoms with van der Waals surface area (Å²) in [4.78, 5) is 2.58. The Hall–Kier alpha value is -0.120. The first-order valence-electron chi connectivity index (χ1n) is 8.88. The Labute approximate surface area is 125 Å². The third kappa shape index (κ3) is 4.44. The number of piperidine rings is 1. The Balaban J connectivity index is 1.78. The number of aliphatic hydroxyl groups excluding tert-OH is 1. The van der Waals surface area contributed by atoms with E-state index in [1.165, 1.54) is 58.0 Å². The van der Waals surface area contributed by atoms with Gasteiger partial charge >= 0.3 is 0 Å². The van der Waals surface area contributed by atoms with Crippen LogP contribution in [0, 0.1) is 5.92 Å². The second-order valence-corrected chi connectivity index (χ2v) is 6.89. The van der Waals surface area contributed by atoms with Crippen molar-refractivity contribution in [3.63, 3.8) is 0 Å². The molecule has 1 saturated carbocycles. The molecule has 2 N–H and O–H groups in total. The summed E-state index contributed by atoms with van der Waals surface area (Å²) in [6.45, 7) is 8.09. The maximum atomic E-state index is 10.3. The van der Waals surface area contributed by atoms with Crippen LogP contribution in [0.1, 0.15) is 65.2 Å². The molecule has 0 bridgehead atoms. The molecule has 118 valence electrons. The van der Waals surface area contributed by atoms with Gasteiger partial charge in [0.1, 0.15) is 0 Å². The molecule has 0 spiro atoms. The van der Waals surface area contributed by atoms with Gasteiger partial charge < -0.3 is 10.4 Å². The minimum atomic E-state index is -0.0790. The van der Waals surface area contributed by atoms with Crippen LogP contribution in [0.4, 0.5) is 0 Å². The van der Waals surface area contributed by atoms with Gasteiger partial charge in [-0.3, -0.25) is 4.90 Å². The predicted molar refractivity (Wildman–Crippen MR) is 84.9 cm³/mol. The van der Waals surface area contributed by atoms with Crippen molar-refractivity contribution in [1.82, 2.24) is 10.2 Å². The smallest absolute Gasteiger partial charge is 0.0695 e. The summed E-state index contributed by atoms with van der Waals surface area (Å²) in [5, 5.41) is 14.0. The Morgan fingerprint density at radius 1 is 1.10 bits per heavy atom. The van der Waals surface area contributed by atoms with Gasteiger partial charge in [-0.2, -0.15) is 0 Å². The summed E-state index contributed by atoms with van der Waals surface area (Å²) in [5.74, 6) is 0.820. The highest BCUT2D eigenvalue weighted by atomic mass is 16.3. The molecule has 2 rings (SSSR count). The second kappa shape index (κ2) is 8.35. The highest BCUT2D eigenvalue weighted by molar-refractivity contribution is 4.87. The van der Waals surface area contributed by atoms with E-state index in [-0.39, 0.29) is 6.10 Å². The molecule has 0 aromatic heterocycles. The van der Waals surface area contributed by atoms with Crippen LogP contribution in [-0.4, -0.2) is 47.8 Å². The zero-order chi connectivity index (χ0) is 14.4. The lowest BCUT2D eigenvalue weighted by Crippen LogP contribution is -2.49. The van der Waals surface area contributed by atoms with Crippen molar-refractivity contribution >= 4 is 0 Å². The van der Waals surface area contributed by atoms with E-state index in [1.807, 2.05) is 0 Å². The summed E-state index contributed by atoms with van der Waals surface area (Å²) in [6, 6.07) is 1.09. The summed E-state index contributed by atoms with van der Waals surface area (Å²) in [7, 11) is 0. The fourth-order valence-corrected chi connectivity index (χ4v) is 3.98. The molecule has 1 aliphatic heterocycles. The Morgan fingerprint density at radius 2 is 1.80 bits per heavy atom. The number of hydrogen-bond acceptors (Lipinski definition) is 3. The van der Waals surface area contributed by atoms with Gasteiger partial charge in [0.2, 0.25) is 0 Å². The van der Waals surface area contributed by atoms with E-state index in [0.717, 1.165) is 18.9 Å². The number of likely N-dealkylation sites (tertiary alicyclic amines) is 1. The molecule has 2 aliphatic rings. The van der Waals surface area contributed by atoms with Gasteiger partial charge in [0.25, 0.3) is 0 Å². The highest BCUT2D eigenvalue weighted by Crippen LogP contribution is 2.28. The van der Waals surface area contributed by atoms with Crippen LogP contribution in [0.2, 0.25) is 0 Å². The molecule has 1 saturated heterocycles. The van der Waals surface area contributed by atoms with Crippen LogP contribution in [0.3, 0.4) is 0 Å². The normalized spacial score (nSPS) is 31.9. The number of rotatable bonds is 5. The van der Waals surface area contributed by atoms with E-state index in [9.17, 15) is 5.11 Å². The van der Waals surface area contributed by atoms with Gasteiger partial charge in [0.15, 0.2) is 0 Å². The molecule has 3 heteroatoms. The Kier molecular flexibility index (Phi) is 6.79. The van der Waals surface area contributed by atoms with Gasteiger partial charge in [-0.1, -0.05) is 26.2 Å². The molecule has 1 aliphatic carbocycles. The lowest BCUT2D eigenvalue weighted by Gasteiger charge is -2.40. The minimum Gasteiger partial charge on any atom is -0.391 e. The van der Waals surface area contributed by atoms with Crippen LogP contribution in [-0.2, 0) is 0 Å². The molecule has 20 heavy (non-hydrogen) atoms. The van der Waals surface area contributed by atoms with Gasteiger partial charge in [-0.05, 0) is 64.6 Å². The van der Waals surface area contributed by atoms with Crippen molar-refractivity contribution in [2.75, 3.05) is 19.6 Å². The van der Waals surface area contributed by atoms with Crippen LogP contribution < -0.4 is 5.32 Å². The fraction of sp³-hybridized carbons (Fsp3) is 1.00. The van der Waals surface area contributed by atoms with Crippen molar-refractivity contribution in [3.05, 3.63) is 0 Å². The van der Waals surface area contributed by atoms with Crippen LogP contribution in [0.15, 0.2) is 0 Å². The van der Waals surface area contributed by atoms with Crippen LogP contribution in [0.25, 0.3) is 0 Å². The predicted octanol–water partition coefficient (Wildman–Crippen LogP) is 2.78. The molecule has 3 atom stereocenters. The SMILES string of the molecule is CCCNC(C)C1CCN(C2CCCCCC2O)CC1. The van der Waals surface area contributed by atoms with Crippen LogP contribution >= 0.6 is 0 Å². The monoisotopic (exact) mass is 282 g/mol. The maximum absolute atomic E-state index is 10.3. The number of aliphatic hydroxyl groups is 1. The molecular formula is C17H34N2O. The molecule has 0 amide bonds. The summed E-state index contributed by atoms with van der Waals surface area (Å²) in [6.07, 6.45) is 9.77. The first-order chi connectivity index (χ1) is 9.72. The van der Waals surface area contributed by atoms with E-state index in [1.54, 1.807) is 0 Å². The molecule has 3 nitrogen and oxygen atoms in total. The van der Waals surface area contributed by atoms with Gasteiger partial charge in [0, 0.05) is 12.1 Å². The van der Waals surface area contributed by atoms with Gasteiger partial charge in [0.05, 0.1) is 6.10 Å². The minimum absolute atomic E-state index is 0.0790. The topological polar surface area (TPSA) is 35.5 Å². The van der Waals surface area contributed by atoms with Crippen molar-refractivity contribution in [1.29, 1.82) is 0 Å².